The number of aryl methyl sites for hydroxylation is 1. The van der Waals surface area contributed by atoms with Crippen LogP contribution in [0, 0.1) is 6.92 Å². The number of halogens is 2. The smallest absolute Gasteiger partial charge is 0.321 e. The summed E-state index contributed by atoms with van der Waals surface area (Å²) in [4.78, 5) is 27.0. The summed E-state index contributed by atoms with van der Waals surface area (Å²) in [6.07, 6.45) is 1.70. The van der Waals surface area contributed by atoms with Crippen LogP contribution in [-0.2, 0) is 0 Å². The normalized spacial score (nSPS) is 16.0. The third kappa shape index (κ3) is 5.38. The number of urea groups is 1. The fraction of sp³-hybridized carbons (Fsp3) is 0.273. The van der Waals surface area contributed by atoms with E-state index in [2.05, 4.69) is 20.8 Å². The van der Waals surface area contributed by atoms with Gasteiger partial charge in [0.05, 0.1) is 10.7 Å². The van der Waals surface area contributed by atoms with E-state index in [1.165, 1.54) is 11.3 Å². The molecule has 3 aromatic rings. The molecule has 1 aliphatic rings. The maximum atomic E-state index is 12.8. The number of hydrogen-bond acceptors (Lipinski definition) is 5. The molecule has 1 fully saturated rings. The molecule has 0 spiro atoms. The first kappa shape index (κ1) is 22.5. The monoisotopic (exact) mass is 489 g/mol. The number of nitrogens with one attached hydrogen (secondary N) is 2. The summed E-state index contributed by atoms with van der Waals surface area (Å²) in [5.41, 5.74) is 2.29. The van der Waals surface area contributed by atoms with Crippen molar-refractivity contribution in [3.8, 4) is 0 Å². The number of nitrogens with zero attached hydrogens (tertiary/aromatic N) is 3. The van der Waals surface area contributed by atoms with Gasteiger partial charge in [-0.15, -0.1) is 10.2 Å². The van der Waals surface area contributed by atoms with E-state index < -0.39 is 0 Å². The van der Waals surface area contributed by atoms with Crippen molar-refractivity contribution in [2.45, 2.75) is 25.7 Å². The molecule has 0 radical (unpaired) electrons. The van der Waals surface area contributed by atoms with Crippen LogP contribution in [0.4, 0.5) is 16.2 Å². The highest BCUT2D eigenvalue weighted by molar-refractivity contribution is 7.13. The molecule has 166 valence electrons. The van der Waals surface area contributed by atoms with Crippen molar-refractivity contribution < 1.29 is 9.59 Å². The Morgan fingerprint density at radius 1 is 1.09 bits per heavy atom. The zero-order valence-corrected chi connectivity index (χ0v) is 19.6. The van der Waals surface area contributed by atoms with Gasteiger partial charge in [-0.25, -0.2) is 4.79 Å². The van der Waals surface area contributed by atoms with Crippen molar-refractivity contribution >= 4 is 57.9 Å². The Balaban J connectivity index is 1.39. The molecule has 1 atom stereocenters. The predicted molar refractivity (Wildman–Crippen MR) is 128 cm³/mol. The van der Waals surface area contributed by atoms with Gasteiger partial charge in [-0.05, 0) is 50.1 Å². The molecule has 3 amide bonds. The Morgan fingerprint density at radius 3 is 2.66 bits per heavy atom. The fourth-order valence-electron chi connectivity index (χ4n) is 3.46. The van der Waals surface area contributed by atoms with Crippen LogP contribution in [0.5, 0.6) is 0 Å². The van der Waals surface area contributed by atoms with Gasteiger partial charge < -0.3 is 15.5 Å². The molecule has 10 heteroatoms. The molecular weight excluding hydrogens is 469 g/mol. The second kappa shape index (κ2) is 9.85. The summed E-state index contributed by atoms with van der Waals surface area (Å²) < 4.78 is 0. The summed E-state index contributed by atoms with van der Waals surface area (Å²) in [6, 6.07) is 12.2. The molecule has 0 aliphatic carbocycles. The largest absolute Gasteiger partial charge is 0.324 e. The third-order valence-corrected chi connectivity index (χ3v) is 6.82. The van der Waals surface area contributed by atoms with E-state index in [1.807, 2.05) is 31.2 Å². The third-order valence-electron chi connectivity index (χ3n) is 5.17. The fourth-order valence-corrected chi connectivity index (χ4v) is 4.66. The van der Waals surface area contributed by atoms with Crippen LogP contribution in [0.3, 0.4) is 0 Å². The van der Waals surface area contributed by atoms with Gasteiger partial charge >= 0.3 is 6.03 Å². The van der Waals surface area contributed by atoms with Crippen molar-refractivity contribution in [3.63, 3.8) is 0 Å². The van der Waals surface area contributed by atoms with Gasteiger partial charge in [0.1, 0.15) is 5.01 Å². The number of carbonyl (C=O) groups excluding carboxylic acids is 2. The number of aromatic nitrogens is 2. The number of rotatable bonds is 4. The van der Waals surface area contributed by atoms with Crippen molar-refractivity contribution in [1.29, 1.82) is 0 Å². The minimum absolute atomic E-state index is 0.0164. The molecule has 2 N–H and O–H groups in total. The zero-order chi connectivity index (χ0) is 22.7. The van der Waals surface area contributed by atoms with Gasteiger partial charge in [0.2, 0.25) is 5.01 Å². The Hall–Kier alpha value is -2.68. The van der Waals surface area contributed by atoms with Gasteiger partial charge in [-0.2, -0.15) is 0 Å². The molecule has 4 rings (SSSR count). The van der Waals surface area contributed by atoms with E-state index in [4.69, 9.17) is 23.2 Å². The maximum absolute atomic E-state index is 12.8. The summed E-state index contributed by atoms with van der Waals surface area (Å²) in [5, 5.41) is 15.9. The minimum Gasteiger partial charge on any atom is -0.324 e. The molecular formula is C22H21Cl2N5O2S. The summed E-state index contributed by atoms with van der Waals surface area (Å²) in [6.45, 7) is 3.10. The molecule has 0 bridgehead atoms. The SMILES string of the molecule is Cc1ccc(NC(=O)c2nnc([C@@H]3CCCN(C(=O)Nc4cc(Cl)ccc4Cl)C3)s2)cc1. The number of carbonyl (C=O) groups is 2. The Kier molecular flexibility index (Phi) is 6.93. The van der Waals surface area contributed by atoms with Crippen LogP contribution in [0.25, 0.3) is 0 Å². The number of anilines is 2. The van der Waals surface area contributed by atoms with Gasteiger partial charge in [0, 0.05) is 29.7 Å². The first-order valence-corrected chi connectivity index (χ1v) is 11.7. The number of amides is 3. The maximum Gasteiger partial charge on any atom is 0.321 e. The van der Waals surface area contributed by atoms with Gasteiger partial charge in [0.15, 0.2) is 0 Å². The Morgan fingerprint density at radius 2 is 1.88 bits per heavy atom. The lowest BCUT2D eigenvalue weighted by Crippen LogP contribution is -2.41. The zero-order valence-electron chi connectivity index (χ0n) is 17.3. The Labute approximate surface area is 199 Å². The van der Waals surface area contributed by atoms with Gasteiger partial charge in [0.25, 0.3) is 5.91 Å². The first-order valence-electron chi connectivity index (χ1n) is 10.1. The summed E-state index contributed by atoms with van der Waals surface area (Å²) in [5.74, 6) is -0.277. The lowest BCUT2D eigenvalue weighted by atomic mass is 9.99. The van der Waals surface area contributed by atoms with Gasteiger partial charge in [-0.3, -0.25) is 4.79 Å². The lowest BCUT2D eigenvalue weighted by Gasteiger charge is -2.31. The topological polar surface area (TPSA) is 87.2 Å². The molecule has 0 unspecified atom stereocenters. The average Bonchev–Trinajstić information content (AvgIpc) is 3.28. The minimum atomic E-state index is -0.293. The molecule has 32 heavy (non-hydrogen) atoms. The predicted octanol–water partition coefficient (Wildman–Crippen LogP) is 5.82. The van der Waals surface area contributed by atoms with Crippen LogP contribution in [-0.4, -0.2) is 40.1 Å². The molecule has 2 heterocycles. The quantitative estimate of drug-likeness (QED) is 0.483. The molecule has 1 aromatic heterocycles. The first-order chi connectivity index (χ1) is 15.4. The van der Waals surface area contributed by atoms with Crippen LogP contribution in [0.2, 0.25) is 10.0 Å². The summed E-state index contributed by atoms with van der Waals surface area (Å²) in [7, 11) is 0. The van der Waals surface area contributed by atoms with E-state index in [0.717, 1.165) is 23.4 Å². The molecule has 1 aliphatic heterocycles. The second-order valence-corrected chi connectivity index (χ2v) is 9.46. The van der Waals surface area contributed by atoms with E-state index >= 15 is 0 Å². The summed E-state index contributed by atoms with van der Waals surface area (Å²) >= 11 is 13.4. The lowest BCUT2D eigenvalue weighted by molar-refractivity contribution is 0.102. The van der Waals surface area contributed by atoms with Crippen molar-refractivity contribution in [3.05, 3.63) is 68.1 Å². The van der Waals surface area contributed by atoms with E-state index in [0.29, 0.717) is 39.5 Å². The van der Waals surface area contributed by atoms with E-state index in [-0.39, 0.29) is 17.9 Å². The van der Waals surface area contributed by atoms with Gasteiger partial charge in [-0.1, -0.05) is 52.2 Å². The van der Waals surface area contributed by atoms with Crippen LogP contribution in [0.15, 0.2) is 42.5 Å². The van der Waals surface area contributed by atoms with Crippen molar-refractivity contribution in [1.82, 2.24) is 15.1 Å². The Bertz CT molecular complexity index is 1140. The number of likely N-dealkylation sites (tertiary alicyclic amines) is 1. The molecule has 0 saturated carbocycles. The standard InChI is InChI=1S/C22H21Cl2N5O2S/c1-13-4-7-16(8-5-13)25-19(30)21-28-27-20(32-21)14-3-2-10-29(12-14)22(31)26-18-11-15(23)6-9-17(18)24/h4-9,11,14H,2-3,10,12H2,1H3,(H,25,30)(H,26,31)/t14-/m1/s1. The highest BCUT2D eigenvalue weighted by Crippen LogP contribution is 2.31. The number of benzene rings is 2. The van der Waals surface area contributed by atoms with Crippen molar-refractivity contribution in [2.75, 3.05) is 23.7 Å². The number of piperidine rings is 1. The second-order valence-electron chi connectivity index (χ2n) is 7.61. The van der Waals surface area contributed by atoms with Crippen LogP contribution in [0.1, 0.15) is 39.1 Å². The highest BCUT2D eigenvalue weighted by Gasteiger charge is 2.28. The average molecular weight is 490 g/mol. The van der Waals surface area contributed by atoms with E-state index in [9.17, 15) is 9.59 Å². The molecule has 7 nitrogen and oxygen atoms in total. The molecule has 2 aromatic carbocycles. The highest BCUT2D eigenvalue weighted by atomic mass is 35.5. The van der Waals surface area contributed by atoms with Crippen molar-refractivity contribution in [2.24, 2.45) is 0 Å². The van der Waals surface area contributed by atoms with E-state index in [1.54, 1.807) is 23.1 Å². The number of hydrogen-bond donors (Lipinski definition) is 2. The van der Waals surface area contributed by atoms with Crippen LogP contribution >= 0.6 is 34.5 Å². The van der Waals surface area contributed by atoms with Crippen LogP contribution < -0.4 is 10.6 Å². The molecule has 1 saturated heterocycles.